The third kappa shape index (κ3) is 4.13. The number of aromatic carboxylic acids is 1. The van der Waals surface area contributed by atoms with Gasteiger partial charge in [0.25, 0.3) is 0 Å². The molecule has 0 spiro atoms. The van der Waals surface area contributed by atoms with Gasteiger partial charge in [-0.1, -0.05) is 19.3 Å². The van der Waals surface area contributed by atoms with Gasteiger partial charge in [-0.25, -0.2) is 4.79 Å². The van der Waals surface area contributed by atoms with Crippen molar-refractivity contribution in [2.45, 2.75) is 55.8 Å². The van der Waals surface area contributed by atoms with Crippen LogP contribution in [0.2, 0.25) is 0 Å². The molecule has 1 aliphatic carbocycles. The van der Waals surface area contributed by atoms with E-state index in [0.29, 0.717) is 23.3 Å². The number of carboxylic acid groups (broad SMARTS) is 1. The van der Waals surface area contributed by atoms with Gasteiger partial charge in [0.1, 0.15) is 10.6 Å². The lowest BCUT2D eigenvalue weighted by molar-refractivity contribution is 0.0699. The number of ether oxygens (including phenoxy) is 2. The number of hydrogen-bond donors (Lipinski definition) is 1. The van der Waals surface area contributed by atoms with Gasteiger partial charge in [-0.2, -0.15) is 0 Å². The van der Waals surface area contributed by atoms with Crippen molar-refractivity contribution in [2.24, 2.45) is 0 Å². The van der Waals surface area contributed by atoms with Crippen LogP contribution in [0.4, 0.5) is 0 Å². The van der Waals surface area contributed by atoms with Crippen LogP contribution in [0.1, 0.15) is 54.3 Å². The zero-order chi connectivity index (χ0) is 17.8. The lowest BCUT2D eigenvalue weighted by atomic mass is 10.0. The van der Waals surface area contributed by atoms with Crippen molar-refractivity contribution < 1.29 is 19.4 Å². The van der Waals surface area contributed by atoms with Crippen molar-refractivity contribution in [3.8, 4) is 5.75 Å². The van der Waals surface area contributed by atoms with Crippen molar-refractivity contribution in [1.29, 1.82) is 0 Å². The predicted molar refractivity (Wildman–Crippen MR) is 103 cm³/mol. The molecule has 4 nitrogen and oxygen atoms in total. The normalized spacial score (nSPS) is 15.6. The van der Waals surface area contributed by atoms with E-state index in [2.05, 4.69) is 0 Å². The van der Waals surface area contributed by atoms with Gasteiger partial charge in [-0.3, -0.25) is 0 Å². The number of rotatable bonds is 7. The molecule has 1 aromatic heterocycles. The summed E-state index contributed by atoms with van der Waals surface area (Å²) in [6.07, 6.45) is 6.11. The Morgan fingerprint density at radius 2 is 2.08 bits per heavy atom. The molecule has 0 bridgehead atoms. The number of carbonyl (C=O) groups is 1. The molecule has 3 rings (SSSR count). The first-order chi connectivity index (χ1) is 12.1. The highest BCUT2D eigenvalue weighted by Gasteiger charge is 2.24. The predicted octanol–water partition coefficient (Wildman–Crippen LogP) is 5.57. The molecule has 0 saturated heterocycles. The molecule has 1 aliphatic rings. The van der Waals surface area contributed by atoms with Crippen LogP contribution in [0.3, 0.4) is 0 Å². The number of fused-ring (bicyclic) bond motifs is 1. The Kier molecular flexibility index (Phi) is 6.25. The highest BCUT2D eigenvalue weighted by molar-refractivity contribution is 8.00. The molecule has 1 aromatic carbocycles. The summed E-state index contributed by atoms with van der Waals surface area (Å²) in [5.74, 6) is -0.0778. The topological polar surface area (TPSA) is 55.8 Å². The van der Waals surface area contributed by atoms with E-state index in [0.717, 1.165) is 26.3 Å². The van der Waals surface area contributed by atoms with Gasteiger partial charge < -0.3 is 14.6 Å². The second kappa shape index (κ2) is 8.43. The van der Waals surface area contributed by atoms with Crippen LogP contribution < -0.4 is 4.74 Å². The molecule has 25 heavy (non-hydrogen) atoms. The minimum absolute atomic E-state index is 0.446. The maximum atomic E-state index is 11.8. The summed E-state index contributed by atoms with van der Waals surface area (Å²) in [7, 11) is 1.65. The van der Waals surface area contributed by atoms with Crippen molar-refractivity contribution in [3.05, 3.63) is 22.6 Å². The summed E-state index contributed by atoms with van der Waals surface area (Å²) in [5.41, 5.74) is 0.962. The minimum atomic E-state index is -0.843. The van der Waals surface area contributed by atoms with Gasteiger partial charge in [0, 0.05) is 32.4 Å². The number of benzene rings is 1. The molecule has 0 radical (unpaired) electrons. The Morgan fingerprint density at radius 3 is 2.72 bits per heavy atom. The van der Waals surface area contributed by atoms with E-state index in [1.807, 2.05) is 19.1 Å². The third-order valence-electron chi connectivity index (χ3n) is 4.54. The van der Waals surface area contributed by atoms with E-state index >= 15 is 0 Å². The van der Waals surface area contributed by atoms with Crippen LogP contribution in [0.25, 0.3) is 10.1 Å². The van der Waals surface area contributed by atoms with E-state index in [1.54, 1.807) is 18.9 Å². The van der Waals surface area contributed by atoms with Gasteiger partial charge in [0.05, 0.1) is 13.7 Å². The van der Waals surface area contributed by atoms with E-state index in [-0.39, 0.29) is 0 Å². The van der Waals surface area contributed by atoms with Crippen LogP contribution in [0.15, 0.2) is 17.0 Å². The van der Waals surface area contributed by atoms with Crippen LogP contribution >= 0.6 is 23.1 Å². The highest BCUT2D eigenvalue weighted by Crippen LogP contribution is 2.45. The second-order valence-electron chi connectivity index (χ2n) is 6.24. The quantitative estimate of drug-likeness (QED) is 0.680. The summed E-state index contributed by atoms with van der Waals surface area (Å²) in [6, 6.07) is 4.00. The number of carboxylic acids is 1. The zero-order valence-electron chi connectivity index (χ0n) is 14.7. The summed E-state index contributed by atoms with van der Waals surface area (Å²) in [6.45, 7) is 3.06. The summed E-state index contributed by atoms with van der Waals surface area (Å²) in [5, 5.41) is 11.2. The molecule has 0 aliphatic heterocycles. The average molecular weight is 381 g/mol. The van der Waals surface area contributed by atoms with Crippen molar-refractivity contribution in [3.63, 3.8) is 0 Å². The fourth-order valence-electron chi connectivity index (χ4n) is 3.26. The molecule has 6 heteroatoms. The largest absolute Gasteiger partial charge is 0.496 e. The maximum absolute atomic E-state index is 11.8. The summed E-state index contributed by atoms with van der Waals surface area (Å²) < 4.78 is 12.0. The Bertz CT molecular complexity index is 747. The number of thiophene rings is 1. The van der Waals surface area contributed by atoms with E-state index in [1.165, 1.54) is 43.4 Å². The molecule has 1 N–H and O–H groups in total. The molecule has 1 heterocycles. The van der Waals surface area contributed by atoms with Crippen LogP contribution in [-0.2, 0) is 11.3 Å². The van der Waals surface area contributed by atoms with Crippen LogP contribution in [0, 0.1) is 0 Å². The molecule has 0 unspecified atom stereocenters. The molecule has 2 aromatic rings. The first-order valence-corrected chi connectivity index (χ1v) is 10.4. The standard InChI is InChI=1S/C19H24O4S2/c1-3-23-11-12-9-16-14(10-15(12)22-2)17(18(25-16)19(20)21)24-13-7-5-4-6-8-13/h9-10,13H,3-8,11H2,1-2H3,(H,20,21). The number of thioether (sulfide) groups is 1. The molecule has 0 amide bonds. The molecule has 1 fully saturated rings. The fourth-order valence-corrected chi connectivity index (χ4v) is 5.97. The van der Waals surface area contributed by atoms with E-state index < -0.39 is 5.97 Å². The zero-order valence-corrected chi connectivity index (χ0v) is 16.3. The van der Waals surface area contributed by atoms with Gasteiger partial charge in [0.2, 0.25) is 0 Å². The SMILES string of the molecule is CCOCc1cc2sc(C(=O)O)c(SC3CCCCC3)c2cc1OC. The summed E-state index contributed by atoms with van der Waals surface area (Å²) in [4.78, 5) is 13.1. The van der Waals surface area contributed by atoms with Gasteiger partial charge in [0.15, 0.2) is 0 Å². The average Bonchev–Trinajstić information content (AvgIpc) is 2.97. The van der Waals surface area contributed by atoms with E-state index in [9.17, 15) is 9.90 Å². The monoisotopic (exact) mass is 380 g/mol. The van der Waals surface area contributed by atoms with Crippen molar-refractivity contribution >= 4 is 39.2 Å². The Labute approximate surface area is 156 Å². The smallest absolute Gasteiger partial charge is 0.347 e. The molecule has 1 saturated carbocycles. The molecular weight excluding hydrogens is 356 g/mol. The molecule has 136 valence electrons. The first-order valence-electron chi connectivity index (χ1n) is 8.75. The Balaban J connectivity index is 2.03. The Hall–Kier alpha value is -1.24. The van der Waals surface area contributed by atoms with Crippen molar-refractivity contribution in [2.75, 3.05) is 13.7 Å². The summed E-state index contributed by atoms with van der Waals surface area (Å²) >= 11 is 3.10. The second-order valence-corrected chi connectivity index (χ2v) is 8.60. The van der Waals surface area contributed by atoms with Gasteiger partial charge in [-0.15, -0.1) is 23.1 Å². The lowest BCUT2D eigenvalue weighted by Gasteiger charge is -2.21. The fraction of sp³-hybridized carbons (Fsp3) is 0.526. The number of methoxy groups -OCH3 is 1. The van der Waals surface area contributed by atoms with Crippen LogP contribution in [-0.4, -0.2) is 30.0 Å². The van der Waals surface area contributed by atoms with Gasteiger partial charge >= 0.3 is 5.97 Å². The number of hydrogen-bond acceptors (Lipinski definition) is 5. The molecular formula is C19H24O4S2. The maximum Gasteiger partial charge on any atom is 0.347 e. The minimum Gasteiger partial charge on any atom is -0.496 e. The van der Waals surface area contributed by atoms with Crippen LogP contribution in [0.5, 0.6) is 5.75 Å². The molecule has 0 atom stereocenters. The van der Waals surface area contributed by atoms with Gasteiger partial charge in [-0.05, 0) is 31.9 Å². The van der Waals surface area contributed by atoms with E-state index in [4.69, 9.17) is 9.47 Å². The third-order valence-corrected chi connectivity index (χ3v) is 7.27. The van der Waals surface area contributed by atoms with Crippen molar-refractivity contribution in [1.82, 2.24) is 0 Å². The Morgan fingerprint density at radius 1 is 1.32 bits per heavy atom. The highest BCUT2D eigenvalue weighted by atomic mass is 32.2. The lowest BCUT2D eigenvalue weighted by Crippen LogP contribution is -2.08. The first kappa shape index (κ1) is 18.5.